The molecule has 1 aromatic rings. The predicted octanol–water partition coefficient (Wildman–Crippen LogP) is 3.39. The minimum atomic E-state index is -0.370. The lowest BCUT2D eigenvalue weighted by Crippen LogP contribution is -2.45. The summed E-state index contributed by atoms with van der Waals surface area (Å²) < 4.78 is 6.00. The summed E-state index contributed by atoms with van der Waals surface area (Å²) in [6, 6.07) is 3.53. The Balaban J connectivity index is 0.00000392. The second-order valence-electron chi connectivity index (χ2n) is 7.19. The lowest BCUT2D eigenvalue weighted by molar-refractivity contribution is 0.0507. The van der Waals surface area contributed by atoms with Gasteiger partial charge in [-0.25, -0.2) is 4.79 Å². The van der Waals surface area contributed by atoms with Gasteiger partial charge in [0.05, 0.1) is 17.9 Å². The normalized spacial score (nSPS) is 15.7. The van der Waals surface area contributed by atoms with Crippen molar-refractivity contribution in [3.8, 4) is 0 Å². The molecule has 0 spiro atoms. The molecule has 0 bridgehead atoms. The molecule has 2 rings (SSSR count). The van der Waals surface area contributed by atoms with Crippen LogP contribution in [-0.2, 0) is 11.3 Å². The van der Waals surface area contributed by atoms with E-state index in [-0.39, 0.29) is 37.1 Å². The highest BCUT2D eigenvalue weighted by molar-refractivity contribution is 9.10. The number of esters is 1. The van der Waals surface area contributed by atoms with Crippen LogP contribution < -0.4 is 16.4 Å². The molecule has 1 aliphatic rings. The van der Waals surface area contributed by atoms with E-state index in [2.05, 4.69) is 33.5 Å². The van der Waals surface area contributed by atoms with Crippen LogP contribution in [0, 0.1) is 0 Å². The number of nitrogens with two attached hydrogens (primary N) is 1. The third-order valence-corrected chi connectivity index (χ3v) is 6.05. The summed E-state index contributed by atoms with van der Waals surface area (Å²) in [5.41, 5.74) is 8.47. The Morgan fingerprint density at radius 1 is 1.29 bits per heavy atom. The fraction of sp³-hybridized carbons (Fsp3) is 0.650. The van der Waals surface area contributed by atoms with E-state index in [4.69, 9.17) is 15.6 Å². The number of carbonyl (C=O) groups is 1. The van der Waals surface area contributed by atoms with Crippen molar-refractivity contribution in [3.05, 3.63) is 27.7 Å². The number of benzene rings is 1. The molecule has 28 heavy (non-hydrogen) atoms. The van der Waals surface area contributed by atoms with E-state index in [1.807, 2.05) is 6.07 Å². The summed E-state index contributed by atoms with van der Waals surface area (Å²) in [5.74, 6) is -0.370. The van der Waals surface area contributed by atoms with Crippen LogP contribution in [0.15, 0.2) is 16.6 Å². The van der Waals surface area contributed by atoms with Crippen LogP contribution in [0.3, 0.4) is 0 Å². The molecule has 5 N–H and O–H groups in total. The van der Waals surface area contributed by atoms with Gasteiger partial charge in [0.2, 0.25) is 0 Å². The van der Waals surface area contributed by atoms with E-state index >= 15 is 0 Å². The van der Waals surface area contributed by atoms with E-state index in [9.17, 15) is 4.79 Å². The molecule has 0 unspecified atom stereocenters. The van der Waals surface area contributed by atoms with Crippen LogP contribution in [-0.4, -0.2) is 42.9 Å². The highest BCUT2D eigenvalue weighted by Crippen LogP contribution is 2.32. The van der Waals surface area contributed by atoms with Crippen molar-refractivity contribution in [1.82, 2.24) is 10.6 Å². The molecule has 0 aromatic heterocycles. The van der Waals surface area contributed by atoms with Gasteiger partial charge < -0.3 is 26.2 Å². The lowest BCUT2D eigenvalue weighted by Gasteiger charge is -2.38. The second-order valence-corrected chi connectivity index (χ2v) is 8.04. The van der Waals surface area contributed by atoms with Crippen LogP contribution in [0.25, 0.3) is 0 Å². The SMILES string of the molecule is CCC1(NCc2cc(C(=O)OCCNCCO)cc(Br)c2N)CCCCC1.Cl. The minimum absolute atomic E-state index is 0. The maximum absolute atomic E-state index is 12.3. The molecule has 0 heterocycles. The summed E-state index contributed by atoms with van der Waals surface area (Å²) in [5, 5.41) is 15.4. The van der Waals surface area contributed by atoms with Crippen LogP contribution in [0.1, 0.15) is 61.4 Å². The Kier molecular flexibility index (Phi) is 11.4. The standard InChI is InChI=1S/C20H32BrN3O3.ClH/c1-2-20(6-4-3-5-7-20)24-14-16-12-15(13-17(21)18(16)22)19(26)27-11-9-23-8-10-25;/h12-13,23-25H,2-11,14,22H2,1H3;1H. The molecule has 0 amide bonds. The van der Waals surface area contributed by atoms with Crippen LogP contribution in [0.4, 0.5) is 5.69 Å². The number of aliphatic hydroxyl groups is 1. The average molecular weight is 479 g/mol. The summed E-state index contributed by atoms with van der Waals surface area (Å²) >= 11 is 3.46. The van der Waals surface area contributed by atoms with Crippen molar-refractivity contribution < 1.29 is 14.6 Å². The van der Waals surface area contributed by atoms with Crippen LogP contribution in [0.5, 0.6) is 0 Å². The zero-order chi connectivity index (χ0) is 19.7. The summed E-state index contributed by atoms with van der Waals surface area (Å²) in [7, 11) is 0. The van der Waals surface area contributed by atoms with E-state index in [0.717, 1.165) is 12.0 Å². The smallest absolute Gasteiger partial charge is 0.338 e. The topological polar surface area (TPSA) is 96.6 Å². The Labute approximate surface area is 182 Å². The van der Waals surface area contributed by atoms with E-state index in [1.54, 1.807) is 6.07 Å². The zero-order valence-electron chi connectivity index (χ0n) is 16.6. The number of hydrogen-bond donors (Lipinski definition) is 4. The molecule has 0 saturated heterocycles. The van der Waals surface area contributed by atoms with Crippen molar-refractivity contribution in [1.29, 1.82) is 0 Å². The van der Waals surface area contributed by atoms with Gasteiger partial charge >= 0.3 is 5.97 Å². The van der Waals surface area contributed by atoms with E-state index < -0.39 is 0 Å². The molecule has 1 fully saturated rings. The van der Waals surface area contributed by atoms with Gasteiger partial charge in [-0.05, 0) is 52.9 Å². The molecular weight excluding hydrogens is 446 g/mol. The predicted molar refractivity (Wildman–Crippen MR) is 119 cm³/mol. The fourth-order valence-corrected chi connectivity index (χ4v) is 4.11. The largest absolute Gasteiger partial charge is 0.461 e. The number of anilines is 1. The Hall–Kier alpha value is -0.860. The van der Waals surface area contributed by atoms with Gasteiger partial charge in [0.1, 0.15) is 6.61 Å². The third kappa shape index (κ3) is 7.19. The molecule has 160 valence electrons. The van der Waals surface area contributed by atoms with Gasteiger partial charge in [-0.1, -0.05) is 26.2 Å². The third-order valence-electron chi connectivity index (χ3n) is 5.39. The molecule has 6 nitrogen and oxygen atoms in total. The molecule has 8 heteroatoms. The molecule has 1 aliphatic carbocycles. The monoisotopic (exact) mass is 477 g/mol. The van der Waals surface area contributed by atoms with Crippen LogP contribution >= 0.6 is 28.3 Å². The van der Waals surface area contributed by atoms with Gasteiger partial charge in [-0.3, -0.25) is 0 Å². The number of aliphatic hydroxyl groups excluding tert-OH is 1. The number of rotatable bonds is 10. The van der Waals surface area contributed by atoms with Gasteiger partial charge in [0.15, 0.2) is 0 Å². The minimum Gasteiger partial charge on any atom is -0.461 e. The van der Waals surface area contributed by atoms with Crippen molar-refractivity contribution in [3.63, 3.8) is 0 Å². The average Bonchev–Trinajstić information content (AvgIpc) is 2.69. The molecule has 0 atom stereocenters. The van der Waals surface area contributed by atoms with Crippen molar-refractivity contribution in [2.24, 2.45) is 0 Å². The number of hydrogen-bond acceptors (Lipinski definition) is 6. The molecule has 0 radical (unpaired) electrons. The first-order valence-corrected chi connectivity index (χ1v) is 10.6. The highest BCUT2D eigenvalue weighted by atomic mass is 79.9. The lowest BCUT2D eigenvalue weighted by atomic mass is 9.79. The summed E-state index contributed by atoms with van der Waals surface area (Å²) in [4.78, 5) is 12.3. The van der Waals surface area contributed by atoms with Gasteiger partial charge in [0, 0.05) is 29.6 Å². The maximum Gasteiger partial charge on any atom is 0.338 e. The summed E-state index contributed by atoms with van der Waals surface area (Å²) in [6.45, 7) is 4.19. The molecular formula is C20H33BrClN3O3. The number of halogens is 2. The molecule has 0 aliphatic heterocycles. The second kappa shape index (κ2) is 12.6. The van der Waals surface area contributed by atoms with Crippen molar-refractivity contribution >= 4 is 40.0 Å². The van der Waals surface area contributed by atoms with Gasteiger partial charge in [-0.2, -0.15) is 0 Å². The number of ether oxygens (including phenoxy) is 1. The summed E-state index contributed by atoms with van der Waals surface area (Å²) in [6.07, 6.45) is 7.30. The Morgan fingerprint density at radius 2 is 2.00 bits per heavy atom. The first kappa shape index (κ1) is 25.2. The van der Waals surface area contributed by atoms with E-state index in [1.165, 1.54) is 32.1 Å². The highest BCUT2D eigenvalue weighted by Gasteiger charge is 2.29. The van der Waals surface area contributed by atoms with Crippen molar-refractivity contribution in [2.75, 3.05) is 32.0 Å². The number of carbonyl (C=O) groups excluding carboxylic acids is 1. The first-order valence-electron chi connectivity index (χ1n) is 9.83. The quantitative estimate of drug-likeness (QED) is 0.234. The van der Waals surface area contributed by atoms with Crippen LogP contribution in [0.2, 0.25) is 0 Å². The number of nitrogens with one attached hydrogen (secondary N) is 2. The maximum atomic E-state index is 12.3. The van der Waals surface area contributed by atoms with Crippen molar-refractivity contribution in [2.45, 2.75) is 57.5 Å². The molecule has 1 saturated carbocycles. The Bertz CT molecular complexity index is 625. The van der Waals surface area contributed by atoms with Gasteiger partial charge in [0.25, 0.3) is 0 Å². The van der Waals surface area contributed by atoms with Gasteiger partial charge in [-0.15, -0.1) is 12.4 Å². The molecule has 1 aromatic carbocycles. The number of nitrogen functional groups attached to an aromatic ring is 1. The zero-order valence-corrected chi connectivity index (χ0v) is 19.0. The Morgan fingerprint density at radius 3 is 2.64 bits per heavy atom. The van der Waals surface area contributed by atoms with E-state index in [0.29, 0.717) is 35.4 Å². The fourth-order valence-electron chi connectivity index (χ4n) is 3.61. The first-order chi connectivity index (χ1) is 13.0.